The second kappa shape index (κ2) is 7.99. The summed E-state index contributed by atoms with van der Waals surface area (Å²) in [4.78, 5) is 22.5. The molecule has 0 aliphatic carbocycles. The highest BCUT2D eigenvalue weighted by molar-refractivity contribution is 5.88. The van der Waals surface area contributed by atoms with Crippen LogP contribution in [0.4, 0.5) is 10.6 Å². The van der Waals surface area contributed by atoms with Crippen LogP contribution in [0.3, 0.4) is 0 Å². The lowest BCUT2D eigenvalue weighted by atomic mass is 9.91. The summed E-state index contributed by atoms with van der Waals surface area (Å²) in [5.41, 5.74) is 3.85. The van der Waals surface area contributed by atoms with Crippen LogP contribution in [0.2, 0.25) is 0 Å². The number of methoxy groups -OCH3 is 1. The minimum absolute atomic E-state index is 0.147. The van der Waals surface area contributed by atoms with Gasteiger partial charge in [0.25, 0.3) is 0 Å². The van der Waals surface area contributed by atoms with Gasteiger partial charge in [0.1, 0.15) is 0 Å². The summed E-state index contributed by atoms with van der Waals surface area (Å²) in [7, 11) is 1.53. The zero-order valence-corrected chi connectivity index (χ0v) is 15.4. The molecule has 1 aromatic carbocycles. The van der Waals surface area contributed by atoms with Gasteiger partial charge < -0.3 is 9.64 Å². The van der Waals surface area contributed by atoms with Crippen molar-refractivity contribution in [1.82, 2.24) is 14.9 Å². The lowest BCUT2D eigenvalue weighted by Gasteiger charge is -2.33. The highest BCUT2D eigenvalue weighted by Crippen LogP contribution is 2.25. The molecule has 1 N–H and O–H groups in total. The van der Waals surface area contributed by atoms with Gasteiger partial charge in [0.05, 0.1) is 19.5 Å². The molecular weight excluding hydrogens is 328 g/mol. The number of nitrogens with one attached hydrogen (secondary N) is 1. The third-order valence-corrected chi connectivity index (χ3v) is 4.55. The van der Waals surface area contributed by atoms with Crippen molar-refractivity contribution < 1.29 is 9.53 Å². The number of hydrogen-bond acceptors (Lipinski definition) is 4. The van der Waals surface area contributed by atoms with Gasteiger partial charge in [-0.25, -0.2) is 14.8 Å². The molecule has 0 saturated carbocycles. The fourth-order valence-electron chi connectivity index (χ4n) is 3.10. The molecule has 2 heterocycles. The summed E-state index contributed by atoms with van der Waals surface area (Å²) >= 11 is 0. The lowest BCUT2D eigenvalue weighted by molar-refractivity contribution is 0.197. The van der Waals surface area contributed by atoms with E-state index in [0.29, 0.717) is 30.7 Å². The maximum atomic E-state index is 12.5. The molecule has 1 aliphatic heterocycles. The summed E-state index contributed by atoms with van der Waals surface area (Å²) in [6.45, 7) is 5.64. The zero-order chi connectivity index (χ0) is 18.5. The van der Waals surface area contributed by atoms with E-state index in [-0.39, 0.29) is 6.03 Å². The van der Waals surface area contributed by atoms with Crippen LogP contribution in [-0.4, -0.2) is 41.1 Å². The van der Waals surface area contributed by atoms with Crippen molar-refractivity contribution in [3.05, 3.63) is 53.4 Å². The number of hydrogen-bond donors (Lipinski definition) is 1. The Balaban J connectivity index is 1.61. The van der Waals surface area contributed by atoms with Gasteiger partial charge >= 0.3 is 6.03 Å². The summed E-state index contributed by atoms with van der Waals surface area (Å²) in [6.07, 6.45) is 6.10. The van der Waals surface area contributed by atoms with Crippen molar-refractivity contribution in [2.75, 3.05) is 25.5 Å². The molecule has 1 aromatic heterocycles. The Morgan fingerprint density at radius 2 is 2.19 bits per heavy atom. The Labute approximate surface area is 153 Å². The maximum absolute atomic E-state index is 12.5. The van der Waals surface area contributed by atoms with Gasteiger partial charge in [0, 0.05) is 13.1 Å². The molecule has 136 valence electrons. The molecule has 6 nitrogen and oxygen atoms in total. The fraction of sp³-hybridized carbons (Fsp3) is 0.350. The first-order valence-corrected chi connectivity index (χ1v) is 8.74. The van der Waals surface area contributed by atoms with Crippen molar-refractivity contribution >= 4 is 17.9 Å². The molecule has 26 heavy (non-hydrogen) atoms. The van der Waals surface area contributed by atoms with Crippen molar-refractivity contribution in [2.45, 2.75) is 20.3 Å². The molecule has 0 radical (unpaired) electrons. The second-order valence-electron chi connectivity index (χ2n) is 6.60. The van der Waals surface area contributed by atoms with Crippen LogP contribution in [0.5, 0.6) is 5.88 Å². The molecule has 1 unspecified atom stereocenters. The number of aryl methyl sites for hydroxylation is 1. The van der Waals surface area contributed by atoms with Crippen molar-refractivity contribution in [3.8, 4) is 5.88 Å². The van der Waals surface area contributed by atoms with E-state index in [1.807, 2.05) is 4.90 Å². The van der Waals surface area contributed by atoms with Gasteiger partial charge in [-0.05, 0) is 24.8 Å². The first-order chi connectivity index (χ1) is 12.5. The van der Waals surface area contributed by atoms with E-state index in [2.05, 4.69) is 59.5 Å². The quantitative estimate of drug-likeness (QED) is 0.913. The molecule has 2 aromatic rings. The molecule has 1 atom stereocenters. The summed E-state index contributed by atoms with van der Waals surface area (Å²) < 4.78 is 4.97. The molecule has 6 heteroatoms. The minimum atomic E-state index is -0.147. The highest BCUT2D eigenvalue weighted by atomic mass is 16.5. The summed E-state index contributed by atoms with van der Waals surface area (Å²) in [6, 6.07) is 8.33. The van der Waals surface area contributed by atoms with Gasteiger partial charge in [-0.15, -0.1) is 0 Å². The van der Waals surface area contributed by atoms with Crippen molar-refractivity contribution in [2.24, 2.45) is 5.92 Å². The number of rotatable bonds is 3. The highest BCUT2D eigenvalue weighted by Gasteiger charge is 2.24. The van der Waals surface area contributed by atoms with E-state index in [4.69, 9.17) is 4.74 Å². The number of carbonyl (C=O) groups excluding carboxylic acids is 1. The first-order valence-electron chi connectivity index (χ1n) is 8.74. The number of likely N-dealkylation sites (tertiary alicyclic amines) is 1. The predicted molar refractivity (Wildman–Crippen MR) is 102 cm³/mol. The maximum Gasteiger partial charge on any atom is 0.323 e. The topological polar surface area (TPSA) is 67.3 Å². The van der Waals surface area contributed by atoms with E-state index < -0.39 is 0 Å². The number of benzene rings is 1. The molecule has 1 fully saturated rings. The van der Waals surface area contributed by atoms with Crippen molar-refractivity contribution in [3.63, 3.8) is 0 Å². The lowest BCUT2D eigenvalue weighted by Crippen LogP contribution is -2.42. The Morgan fingerprint density at radius 1 is 1.35 bits per heavy atom. The molecule has 3 rings (SSSR count). The monoisotopic (exact) mass is 352 g/mol. The Hall–Kier alpha value is -2.89. The Morgan fingerprint density at radius 3 is 2.85 bits per heavy atom. The van der Waals surface area contributed by atoms with E-state index in [0.717, 1.165) is 6.42 Å². The number of carbonyl (C=O) groups is 1. The third-order valence-electron chi connectivity index (χ3n) is 4.55. The zero-order valence-electron chi connectivity index (χ0n) is 15.4. The van der Waals surface area contributed by atoms with Gasteiger partial charge in [0.15, 0.2) is 5.82 Å². The van der Waals surface area contributed by atoms with E-state index in [1.165, 1.54) is 36.2 Å². The average Bonchev–Trinajstić information content (AvgIpc) is 2.64. The number of amides is 2. The minimum Gasteiger partial charge on any atom is -0.480 e. The third kappa shape index (κ3) is 4.39. The number of nitrogens with zero attached hydrogens (tertiary/aromatic N) is 3. The predicted octanol–water partition coefficient (Wildman–Crippen LogP) is 3.75. The van der Waals surface area contributed by atoms with Crippen LogP contribution < -0.4 is 10.1 Å². The van der Waals surface area contributed by atoms with Crippen LogP contribution in [0.25, 0.3) is 6.08 Å². The molecule has 2 amide bonds. The van der Waals surface area contributed by atoms with Crippen LogP contribution in [0.1, 0.15) is 24.5 Å². The van der Waals surface area contributed by atoms with E-state index in [1.54, 1.807) is 0 Å². The second-order valence-corrected chi connectivity index (χ2v) is 6.60. The van der Waals surface area contributed by atoms with Crippen LogP contribution in [0, 0.1) is 12.8 Å². The average molecular weight is 352 g/mol. The number of ether oxygens (including phenoxy) is 1. The molecular formula is C20H24N4O2. The largest absolute Gasteiger partial charge is 0.480 e. The van der Waals surface area contributed by atoms with E-state index in [9.17, 15) is 4.79 Å². The van der Waals surface area contributed by atoms with Gasteiger partial charge in [-0.3, -0.25) is 5.32 Å². The summed E-state index contributed by atoms with van der Waals surface area (Å²) in [5, 5.41) is 2.79. The van der Waals surface area contributed by atoms with Crippen LogP contribution >= 0.6 is 0 Å². The number of piperidine rings is 1. The SMILES string of the molecule is COc1cnc(NC(=O)N2CCC(=Cc3cccc(C)c3)C(C)C2)cn1. The fourth-order valence-corrected chi connectivity index (χ4v) is 3.10. The van der Waals surface area contributed by atoms with Crippen LogP contribution in [-0.2, 0) is 0 Å². The molecule has 1 aliphatic rings. The normalized spacial score (nSPS) is 18.7. The Bertz CT molecular complexity index is 802. The standard InChI is InChI=1S/C20H24N4O2/c1-14-5-4-6-16(9-14)10-17-7-8-24(13-15(17)2)20(25)23-18-11-22-19(26-3)12-21-18/h4-6,9-12,15H,7-8,13H2,1-3H3,(H,21,23,25). The molecule has 0 spiro atoms. The van der Waals surface area contributed by atoms with Gasteiger partial charge in [-0.2, -0.15) is 0 Å². The van der Waals surface area contributed by atoms with E-state index >= 15 is 0 Å². The first kappa shape index (κ1) is 17.9. The number of urea groups is 1. The molecule has 0 bridgehead atoms. The number of aromatic nitrogens is 2. The van der Waals surface area contributed by atoms with Crippen LogP contribution in [0.15, 0.2) is 42.2 Å². The smallest absolute Gasteiger partial charge is 0.323 e. The van der Waals surface area contributed by atoms with Crippen molar-refractivity contribution in [1.29, 1.82) is 0 Å². The van der Waals surface area contributed by atoms with Gasteiger partial charge in [0.2, 0.25) is 5.88 Å². The summed E-state index contributed by atoms with van der Waals surface area (Å²) in [5.74, 6) is 1.15. The Kier molecular flexibility index (Phi) is 5.51. The number of anilines is 1. The van der Waals surface area contributed by atoms with Gasteiger partial charge in [-0.1, -0.05) is 48.4 Å². The molecule has 1 saturated heterocycles.